The molecule has 90 valence electrons. The number of fused-ring (bicyclic) bond motifs is 1. The number of benzene rings is 1. The van der Waals surface area contributed by atoms with Crippen LogP contribution in [0.2, 0.25) is 0 Å². The van der Waals surface area contributed by atoms with Gasteiger partial charge >= 0.3 is 0 Å². The van der Waals surface area contributed by atoms with E-state index in [-0.39, 0.29) is 0 Å². The molecule has 0 aliphatic carbocycles. The topological polar surface area (TPSA) is 72.8 Å². The smallest absolute Gasteiger partial charge is 0.146 e. The summed E-state index contributed by atoms with van der Waals surface area (Å²) < 4.78 is 10.4. The number of nitrogens with one attached hydrogen (secondary N) is 1. The first-order chi connectivity index (χ1) is 8.36. The zero-order valence-corrected chi connectivity index (χ0v) is 9.64. The standard InChI is InChI=1S/C12H15N3O2/c1-16-7-6-14-12(15-13)10-8-17-11-5-3-2-4-9(10)11/h2-5,8H,6-7,13H2,1H3,(H,14,15). The lowest BCUT2D eigenvalue weighted by atomic mass is 10.1. The summed E-state index contributed by atoms with van der Waals surface area (Å²) in [5.41, 5.74) is 4.27. The van der Waals surface area contributed by atoms with Gasteiger partial charge in [-0.3, -0.25) is 4.99 Å². The largest absolute Gasteiger partial charge is 0.464 e. The molecule has 0 amide bonds. The predicted octanol–water partition coefficient (Wildman–Crippen LogP) is 1.29. The van der Waals surface area contributed by atoms with Crippen LogP contribution in [0.4, 0.5) is 0 Å². The molecule has 2 aromatic rings. The van der Waals surface area contributed by atoms with Crippen molar-refractivity contribution >= 4 is 16.8 Å². The molecular weight excluding hydrogens is 218 g/mol. The lowest BCUT2D eigenvalue weighted by molar-refractivity contribution is 0.208. The molecule has 5 nitrogen and oxygen atoms in total. The Morgan fingerprint density at radius 1 is 1.47 bits per heavy atom. The van der Waals surface area contributed by atoms with Gasteiger partial charge in [-0.2, -0.15) is 0 Å². The van der Waals surface area contributed by atoms with E-state index in [4.69, 9.17) is 15.0 Å². The number of furan rings is 1. The van der Waals surface area contributed by atoms with Crippen molar-refractivity contribution < 1.29 is 9.15 Å². The molecule has 3 N–H and O–H groups in total. The van der Waals surface area contributed by atoms with Gasteiger partial charge in [0.05, 0.1) is 18.7 Å². The van der Waals surface area contributed by atoms with Crippen LogP contribution in [0.3, 0.4) is 0 Å². The highest BCUT2D eigenvalue weighted by molar-refractivity contribution is 6.08. The number of rotatable bonds is 4. The van der Waals surface area contributed by atoms with Gasteiger partial charge in [-0.1, -0.05) is 18.2 Å². The van der Waals surface area contributed by atoms with Crippen molar-refractivity contribution in [1.82, 2.24) is 5.43 Å². The molecule has 0 aliphatic rings. The van der Waals surface area contributed by atoms with Crippen molar-refractivity contribution in [2.24, 2.45) is 10.8 Å². The van der Waals surface area contributed by atoms with Crippen molar-refractivity contribution in [1.29, 1.82) is 0 Å². The first kappa shape index (κ1) is 11.6. The number of hydrogen-bond donors (Lipinski definition) is 2. The molecule has 5 heteroatoms. The molecule has 0 saturated heterocycles. The van der Waals surface area contributed by atoms with Crippen molar-refractivity contribution in [2.45, 2.75) is 0 Å². The highest BCUT2D eigenvalue weighted by atomic mass is 16.5. The minimum atomic E-state index is 0.551. The number of methoxy groups -OCH3 is 1. The number of hydrazine groups is 1. The summed E-state index contributed by atoms with van der Waals surface area (Å²) in [6.45, 7) is 1.11. The van der Waals surface area contributed by atoms with Crippen LogP contribution in [0.25, 0.3) is 11.0 Å². The Morgan fingerprint density at radius 2 is 2.29 bits per heavy atom. The summed E-state index contributed by atoms with van der Waals surface area (Å²) in [6, 6.07) is 7.75. The summed E-state index contributed by atoms with van der Waals surface area (Å²) in [7, 11) is 1.64. The third-order valence-corrected chi connectivity index (χ3v) is 2.44. The molecule has 0 atom stereocenters. The summed E-state index contributed by atoms with van der Waals surface area (Å²) in [4.78, 5) is 4.32. The molecule has 1 aromatic carbocycles. The van der Waals surface area contributed by atoms with Crippen molar-refractivity contribution in [3.8, 4) is 0 Å². The average molecular weight is 233 g/mol. The highest BCUT2D eigenvalue weighted by Crippen LogP contribution is 2.20. The Labute approximate surface area is 99.2 Å². The number of nitrogens with two attached hydrogens (primary N) is 1. The van der Waals surface area contributed by atoms with E-state index < -0.39 is 0 Å². The summed E-state index contributed by atoms with van der Waals surface area (Å²) in [6.07, 6.45) is 1.65. The Kier molecular flexibility index (Phi) is 3.74. The van der Waals surface area contributed by atoms with E-state index >= 15 is 0 Å². The van der Waals surface area contributed by atoms with Crippen LogP contribution < -0.4 is 11.3 Å². The van der Waals surface area contributed by atoms with Crippen molar-refractivity contribution in [2.75, 3.05) is 20.3 Å². The lowest BCUT2D eigenvalue weighted by Crippen LogP contribution is -2.31. The summed E-state index contributed by atoms with van der Waals surface area (Å²) in [5, 5.41) is 0.988. The van der Waals surface area contributed by atoms with Crippen LogP contribution in [0.1, 0.15) is 5.56 Å². The first-order valence-corrected chi connectivity index (χ1v) is 5.33. The minimum Gasteiger partial charge on any atom is -0.464 e. The molecule has 0 fully saturated rings. The molecule has 1 heterocycles. The number of aliphatic imine (C=N–C) groups is 1. The fraction of sp³-hybridized carbons (Fsp3) is 0.250. The zero-order valence-electron chi connectivity index (χ0n) is 9.64. The highest BCUT2D eigenvalue weighted by Gasteiger charge is 2.09. The Bertz CT molecular complexity index is 519. The van der Waals surface area contributed by atoms with Crippen molar-refractivity contribution in [3.05, 3.63) is 36.1 Å². The molecule has 0 saturated carbocycles. The maximum absolute atomic E-state index is 5.47. The van der Waals surface area contributed by atoms with E-state index in [0.29, 0.717) is 19.0 Å². The molecule has 0 bridgehead atoms. The predicted molar refractivity (Wildman–Crippen MR) is 66.8 cm³/mol. The summed E-state index contributed by atoms with van der Waals surface area (Å²) >= 11 is 0. The maximum Gasteiger partial charge on any atom is 0.146 e. The number of ether oxygens (including phenoxy) is 1. The summed E-state index contributed by atoms with van der Waals surface area (Å²) in [5.74, 6) is 6.08. The Balaban J connectivity index is 2.33. The molecule has 0 spiro atoms. The fourth-order valence-electron chi connectivity index (χ4n) is 1.62. The van der Waals surface area contributed by atoms with Crippen LogP contribution in [-0.2, 0) is 4.74 Å². The van der Waals surface area contributed by atoms with Gasteiger partial charge in [0.25, 0.3) is 0 Å². The second kappa shape index (κ2) is 5.47. The van der Waals surface area contributed by atoms with Crippen molar-refractivity contribution in [3.63, 3.8) is 0 Å². The van der Waals surface area contributed by atoms with Crippen LogP contribution in [0.15, 0.2) is 39.9 Å². The van der Waals surface area contributed by atoms with Crippen LogP contribution >= 0.6 is 0 Å². The Hall–Kier alpha value is -1.85. The average Bonchev–Trinajstić information content (AvgIpc) is 2.79. The normalized spacial score (nSPS) is 12.0. The van der Waals surface area contributed by atoms with E-state index in [1.807, 2.05) is 24.3 Å². The lowest BCUT2D eigenvalue weighted by Gasteiger charge is -2.03. The van der Waals surface area contributed by atoms with E-state index in [9.17, 15) is 0 Å². The van der Waals surface area contributed by atoms with Gasteiger partial charge in [-0.15, -0.1) is 0 Å². The molecule has 1 aromatic heterocycles. The quantitative estimate of drug-likeness (QED) is 0.274. The molecule has 0 radical (unpaired) electrons. The van der Waals surface area contributed by atoms with Gasteiger partial charge < -0.3 is 14.6 Å². The SMILES string of the molecule is COCCN=C(NN)c1coc2ccccc12. The van der Waals surface area contributed by atoms with Crippen LogP contribution in [-0.4, -0.2) is 26.1 Å². The zero-order chi connectivity index (χ0) is 12.1. The van der Waals surface area contributed by atoms with Gasteiger partial charge in [0.2, 0.25) is 0 Å². The van der Waals surface area contributed by atoms with E-state index in [0.717, 1.165) is 16.5 Å². The number of nitrogens with zero attached hydrogens (tertiary/aromatic N) is 1. The second-order valence-electron chi connectivity index (χ2n) is 3.51. The van der Waals surface area contributed by atoms with Crippen LogP contribution in [0, 0.1) is 0 Å². The Morgan fingerprint density at radius 3 is 3.06 bits per heavy atom. The van der Waals surface area contributed by atoms with E-state index in [2.05, 4.69) is 10.4 Å². The first-order valence-electron chi connectivity index (χ1n) is 5.33. The molecular formula is C12H15N3O2. The fourth-order valence-corrected chi connectivity index (χ4v) is 1.62. The number of para-hydroxylation sites is 1. The van der Waals surface area contributed by atoms with Gasteiger partial charge in [-0.25, -0.2) is 5.84 Å². The number of amidine groups is 1. The number of hydrogen-bond acceptors (Lipinski definition) is 4. The van der Waals surface area contributed by atoms with Gasteiger partial charge in [0.1, 0.15) is 17.7 Å². The van der Waals surface area contributed by atoms with Gasteiger partial charge in [-0.05, 0) is 6.07 Å². The molecule has 17 heavy (non-hydrogen) atoms. The van der Waals surface area contributed by atoms with Gasteiger partial charge in [0, 0.05) is 12.5 Å². The third-order valence-electron chi connectivity index (χ3n) is 2.44. The minimum absolute atomic E-state index is 0.551. The molecule has 0 unspecified atom stereocenters. The van der Waals surface area contributed by atoms with Crippen LogP contribution in [0.5, 0.6) is 0 Å². The van der Waals surface area contributed by atoms with E-state index in [1.54, 1.807) is 13.4 Å². The monoisotopic (exact) mass is 233 g/mol. The van der Waals surface area contributed by atoms with E-state index in [1.165, 1.54) is 0 Å². The second-order valence-corrected chi connectivity index (χ2v) is 3.51. The van der Waals surface area contributed by atoms with Gasteiger partial charge in [0.15, 0.2) is 0 Å². The molecule has 0 aliphatic heterocycles. The third kappa shape index (κ3) is 2.46. The molecule has 2 rings (SSSR count). The maximum atomic E-state index is 5.47.